The number of hydrogen-bond donors (Lipinski definition) is 1. The number of esters is 1. The lowest BCUT2D eigenvalue weighted by atomic mass is 9.69. The van der Waals surface area contributed by atoms with Crippen molar-refractivity contribution in [2.24, 2.45) is 16.7 Å². The third kappa shape index (κ3) is 5.32. The molecule has 4 aliphatic carbocycles. The van der Waals surface area contributed by atoms with E-state index in [1.54, 1.807) is 12.1 Å². The molecule has 4 fully saturated rings. The first kappa shape index (κ1) is 28.1. The number of carbonyl (C=O) groups excluding carboxylic acids is 1. The van der Waals surface area contributed by atoms with Gasteiger partial charge in [-0.15, -0.1) is 0 Å². The van der Waals surface area contributed by atoms with Crippen molar-refractivity contribution < 1.29 is 23.1 Å². The summed E-state index contributed by atoms with van der Waals surface area (Å²) in [5, 5.41) is 10.6. The number of ether oxygens (including phenoxy) is 1. The summed E-state index contributed by atoms with van der Waals surface area (Å²) < 4.78 is 37.1. The highest BCUT2D eigenvalue weighted by molar-refractivity contribution is 7.89. The molecule has 212 valence electrons. The molecular weight excluding hydrogens is 498 g/mol. The Balaban J connectivity index is 1.37. The largest absolute Gasteiger partial charge is 0.462 e. The van der Waals surface area contributed by atoms with Crippen LogP contribution in [0.5, 0.6) is 0 Å². The second kappa shape index (κ2) is 11.2. The van der Waals surface area contributed by atoms with E-state index in [2.05, 4.69) is 13.8 Å². The number of aliphatic hydroxyl groups excluding tert-OH is 1. The number of sulfonamides is 1. The molecule has 0 saturated heterocycles. The van der Waals surface area contributed by atoms with Crippen LogP contribution in [0.2, 0.25) is 0 Å². The van der Waals surface area contributed by atoms with Crippen LogP contribution in [0, 0.1) is 16.7 Å². The number of fused-ring (bicyclic) bond motifs is 2. The zero-order valence-electron chi connectivity index (χ0n) is 23.3. The molecule has 0 aromatic heterocycles. The third-order valence-electron chi connectivity index (χ3n) is 10.8. The van der Waals surface area contributed by atoms with E-state index in [-0.39, 0.29) is 29.7 Å². The van der Waals surface area contributed by atoms with Crippen LogP contribution >= 0.6 is 0 Å². The van der Waals surface area contributed by atoms with Crippen molar-refractivity contribution >= 4 is 16.0 Å². The summed E-state index contributed by atoms with van der Waals surface area (Å²) in [4.78, 5) is 13.1. The number of nitrogens with zero attached hydrogens (tertiary/aromatic N) is 1. The molecular formula is C31H47NO5S. The summed E-state index contributed by atoms with van der Waals surface area (Å²) in [5.74, 6) is -0.0365. The molecule has 7 heteroatoms. The number of hydrogen-bond acceptors (Lipinski definition) is 5. The van der Waals surface area contributed by atoms with Crippen LogP contribution in [0.3, 0.4) is 0 Å². The van der Waals surface area contributed by atoms with E-state index in [1.165, 1.54) is 12.8 Å². The van der Waals surface area contributed by atoms with E-state index >= 15 is 0 Å². The molecule has 1 aromatic carbocycles. The topological polar surface area (TPSA) is 83.9 Å². The summed E-state index contributed by atoms with van der Waals surface area (Å²) in [6, 6.07) is 9.38. The number of carbonyl (C=O) groups is 1. The molecule has 0 heterocycles. The van der Waals surface area contributed by atoms with Crippen molar-refractivity contribution in [1.82, 2.24) is 4.31 Å². The Hall–Kier alpha value is -1.44. The third-order valence-corrected chi connectivity index (χ3v) is 12.9. The molecule has 4 aliphatic rings. The van der Waals surface area contributed by atoms with Gasteiger partial charge in [0.2, 0.25) is 10.0 Å². The van der Waals surface area contributed by atoms with Crippen molar-refractivity contribution in [3.05, 3.63) is 35.9 Å². The highest BCUT2D eigenvalue weighted by Crippen LogP contribution is 2.67. The first-order chi connectivity index (χ1) is 18.1. The fourth-order valence-corrected chi connectivity index (χ4v) is 11.3. The maximum atomic E-state index is 14.5. The summed E-state index contributed by atoms with van der Waals surface area (Å²) in [6.45, 7) is 4.39. The Morgan fingerprint density at radius 1 is 0.974 bits per heavy atom. The molecule has 6 nitrogen and oxygen atoms in total. The number of benzene rings is 1. The predicted octanol–water partition coefficient (Wildman–Crippen LogP) is 6.15. The van der Waals surface area contributed by atoms with Gasteiger partial charge in [-0.1, -0.05) is 82.7 Å². The summed E-state index contributed by atoms with van der Waals surface area (Å²) >= 11 is 0. The van der Waals surface area contributed by atoms with E-state index < -0.39 is 33.6 Å². The second-order valence-corrected chi connectivity index (χ2v) is 15.0. The maximum Gasteiger partial charge on any atom is 0.309 e. The average Bonchev–Trinajstić information content (AvgIpc) is 3.25. The Kier molecular flexibility index (Phi) is 8.29. The van der Waals surface area contributed by atoms with Crippen molar-refractivity contribution in [3.63, 3.8) is 0 Å². The van der Waals surface area contributed by atoms with Crippen LogP contribution in [0.15, 0.2) is 30.3 Å². The van der Waals surface area contributed by atoms with E-state index in [1.807, 2.05) is 22.5 Å². The van der Waals surface area contributed by atoms with E-state index in [9.17, 15) is 18.3 Å². The minimum Gasteiger partial charge on any atom is -0.462 e. The van der Waals surface area contributed by atoms with Gasteiger partial charge in [0.1, 0.15) is 6.10 Å². The average molecular weight is 546 g/mol. The monoisotopic (exact) mass is 545 g/mol. The molecule has 2 bridgehead atoms. The minimum atomic E-state index is -3.56. The summed E-state index contributed by atoms with van der Waals surface area (Å²) in [7, 11) is -3.56. The van der Waals surface area contributed by atoms with Crippen LogP contribution in [0.4, 0.5) is 0 Å². The first-order valence-corrected chi connectivity index (χ1v) is 16.7. The second-order valence-electron chi connectivity index (χ2n) is 13.1. The summed E-state index contributed by atoms with van der Waals surface area (Å²) in [5.41, 5.74) is -0.134. The van der Waals surface area contributed by atoms with Gasteiger partial charge in [-0.05, 0) is 61.8 Å². The lowest BCUT2D eigenvalue weighted by molar-refractivity contribution is -0.159. The van der Waals surface area contributed by atoms with Gasteiger partial charge >= 0.3 is 5.97 Å². The Morgan fingerprint density at radius 2 is 1.55 bits per heavy atom. The quantitative estimate of drug-likeness (QED) is 0.377. The van der Waals surface area contributed by atoms with Gasteiger partial charge in [-0.2, -0.15) is 4.31 Å². The number of rotatable bonds is 9. The van der Waals surface area contributed by atoms with Gasteiger partial charge in [-0.3, -0.25) is 4.79 Å². The lowest BCUT2D eigenvalue weighted by Crippen LogP contribution is -2.54. The molecule has 5 rings (SSSR count). The van der Waals surface area contributed by atoms with Gasteiger partial charge in [0.25, 0.3) is 0 Å². The SMILES string of the molecule is CC1(C)[C@@H]2CC[C@@]1(CS(=O)(=O)N(C1CCCCC1)C1CCCCC1)[C@H](OC(=O)CC(O)c1ccccc1)C2. The molecule has 1 N–H and O–H groups in total. The smallest absolute Gasteiger partial charge is 0.309 e. The maximum absolute atomic E-state index is 14.5. The van der Waals surface area contributed by atoms with E-state index in [0.717, 1.165) is 64.2 Å². The van der Waals surface area contributed by atoms with Gasteiger partial charge in [0, 0.05) is 17.5 Å². The fourth-order valence-electron chi connectivity index (χ4n) is 8.49. The fraction of sp³-hybridized carbons (Fsp3) is 0.774. The van der Waals surface area contributed by atoms with Gasteiger partial charge in [-0.25, -0.2) is 8.42 Å². The zero-order valence-corrected chi connectivity index (χ0v) is 24.1. The summed E-state index contributed by atoms with van der Waals surface area (Å²) in [6.07, 6.45) is 11.6. The molecule has 4 saturated carbocycles. The van der Waals surface area contributed by atoms with Crippen LogP contribution in [-0.4, -0.2) is 47.7 Å². The highest BCUT2D eigenvalue weighted by Gasteiger charge is 2.67. The lowest BCUT2D eigenvalue weighted by Gasteiger charge is -2.46. The van der Waals surface area contributed by atoms with Crippen LogP contribution in [-0.2, 0) is 19.6 Å². The molecule has 0 radical (unpaired) electrons. The molecule has 38 heavy (non-hydrogen) atoms. The zero-order chi connectivity index (χ0) is 27.0. The Bertz CT molecular complexity index is 1040. The Labute approximate surface area is 229 Å². The van der Waals surface area contributed by atoms with Crippen molar-refractivity contribution in [2.75, 3.05) is 5.75 Å². The Morgan fingerprint density at radius 3 is 2.11 bits per heavy atom. The predicted molar refractivity (Wildman–Crippen MR) is 149 cm³/mol. The number of aliphatic hydroxyl groups is 1. The minimum absolute atomic E-state index is 0.0652. The van der Waals surface area contributed by atoms with Crippen LogP contribution in [0.25, 0.3) is 0 Å². The van der Waals surface area contributed by atoms with Gasteiger partial charge < -0.3 is 9.84 Å². The molecule has 4 atom stereocenters. The standard InChI is InChI=1S/C31H47NO5S/c1-30(2)24-18-19-31(30,28(20-24)37-29(34)21-27(33)23-12-6-3-7-13-23)22-38(35,36)32(25-14-8-4-9-15-25)26-16-10-5-11-17-26/h3,6-7,12-13,24-28,33H,4-5,8-11,14-22H2,1-2H3/t24-,27?,28-,31-/m1/s1. The first-order valence-electron chi connectivity index (χ1n) is 15.1. The highest BCUT2D eigenvalue weighted by atomic mass is 32.2. The molecule has 0 spiro atoms. The molecule has 0 aliphatic heterocycles. The van der Waals surface area contributed by atoms with Crippen LogP contribution < -0.4 is 0 Å². The normalized spacial score (nSPS) is 30.9. The van der Waals surface area contributed by atoms with Crippen molar-refractivity contribution in [2.45, 2.75) is 128 Å². The van der Waals surface area contributed by atoms with Crippen LogP contribution in [0.1, 0.15) is 115 Å². The van der Waals surface area contributed by atoms with E-state index in [0.29, 0.717) is 17.9 Å². The van der Waals surface area contributed by atoms with Gasteiger partial charge in [0.05, 0.1) is 18.3 Å². The molecule has 1 unspecified atom stereocenters. The van der Waals surface area contributed by atoms with Crippen molar-refractivity contribution in [3.8, 4) is 0 Å². The van der Waals surface area contributed by atoms with E-state index in [4.69, 9.17) is 4.74 Å². The molecule has 0 amide bonds. The molecule has 1 aromatic rings. The van der Waals surface area contributed by atoms with Gasteiger partial charge in [0.15, 0.2) is 0 Å². The van der Waals surface area contributed by atoms with Crippen molar-refractivity contribution in [1.29, 1.82) is 0 Å².